The molecule has 0 N–H and O–H groups in total. The van der Waals surface area contributed by atoms with Gasteiger partial charge in [0.1, 0.15) is 6.61 Å². The number of ether oxygens (including phenoxy) is 1. The predicted molar refractivity (Wildman–Crippen MR) is 97.1 cm³/mol. The van der Waals surface area contributed by atoms with Gasteiger partial charge in [0.2, 0.25) is 0 Å². The normalized spacial score (nSPS) is 21.6. The van der Waals surface area contributed by atoms with E-state index < -0.39 is 6.09 Å². The van der Waals surface area contributed by atoms with Crippen LogP contribution in [0, 0.1) is 0 Å². The fourth-order valence-corrected chi connectivity index (χ4v) is 3.45. The predicted octanol–water partition coefficient (Wildman–Crippen LogP) is 4.41. The summed E-state index contributed by atoms with van der Waals surface area (Å²) in [6.45, 7) is 2.05. The van der Waals surface area contributed by atoms with Gasteiger partial charge >= 0.3 is 6.09 Å². The molecule has 2 amide bonds. The highest BCUT2D eigenvalue weighted by Gasteiger charge is 2.38. The minimum atomic E-state index is -0.534. The van der Waals surface area contributed by atoms with Crippen LogP contribution in [0.2, 0.25) is 0 Å². The number of benzene rings is 1. The molecule has 0 saturated carbocycles. The lowest BCUT2D eigenvalue weighted by Gasteiger charge is -2.20. The fourth-order valence-electron chi connectivity index (χ4n) is 3.45. The number of amides is 2. The van der Waals surface area contributed by atoms with E-state index in [0.717, 1.165) is 24.8 Å². The van der Waals surface area contributed by atoms with E-state index in [2.05, 4.69) is 6.08 Å². The Bertz CT molecular complexity index is 690. The van der Waals surface area contributed by atoms with E-state index in [1.165, 1.54) is 23.3 Å². The number of imide groups is 1. The fraction of sp³-hybridized carbons (Fsp3) is 0.429. The van der Waals surface area contributed by atoms with Gasteiger partial charge in [-0.25, -0.2) is 9.69 Å². The second-order valence-electron chi connectivity index (χ2n) is 6.80. The van der Waals surface area contributed by atoms with Crippen molar-refractivity contribution in [3.05, 3.63) is 59.2 Å². The molecule has 1 aliphatic carbocycles. The van der Waals surface area contributed by atoms with Gasteiger partial charge < -0.3 is 4.74 Å². The van der Waals surface area contributed by atoms with Crippen molar-refractivity contribution in [3.8, 4) is 0 Å². The third-order valence-corrected chi connectivity index (χ3v) is 4.81. The Morgan fingerprint density at radius 1 is 1.24 bits per heavy atom. The van der Waals surface area contributed by atoms with E-state index in [1.807, 2.05) is 36.4 Å². The molecule has 4 heteroatoms. The van der Waals surface area contributed by atoms with Crippen molar-refractivity contribution in [2.75, 3.05) is 6.61 Å². The van der Waals surface area contributed by atoms with Crippen molar-refractivity contribution < 1.29 is 14.3 Å². The molecule has 1 aromatic carbocycles. The number of carbonyl (C=O) groups excluding carboxylic acids is 2. The zero-order chi connectivity index (χ0) is 17.6. The number of nitrogens with zero attached hydrogens (tertiary/aromatic N) is 1. The summed E-state index contributed by atoms with van der Waals surface area (Å²) in [5, 5.41) is 0. The van der Waals surface area contributed by atoms with Crippen LogP contribution in [0.5, 0.6) is 0 Å². The summed E-state index contributed by atoms with van der Waals surface area (Å²) in [6, 6.07) is 9.64. The van der Waals surface area contributed by atoms with Crippen molar-refractivity contribution in [1.29, 1.82) is 0 Å². The Morgan fingerprint density at radius 2 is 2.04 bits per heavy atom. The highest BCUT2D eigenvalue weighted by molar-refractivity contribution is 6.03. The Hall–Kier alpha value is -2.36. The number of hydrogen-bond donors (Lipinski definition) is 0. The summed E-state index contributed by atoms with van der Waals surface area (Å²) in [4.78, 5) is 26.2. The molecule has 1 aliphatic heterocycles. The van der Waals surface area contributed by atoms with Gasteiger partial charge in [0.15, 0.2) is 0 Å². The first-order valence-electron chi connectivity index (χ1n) is 9.07. The van der Waals surface area contributed by atoms with Crippen LogP contribution < -0.4 is 0 Å². The van der Waals surface area contributed by atoms with Gasteiger partial charge in [-0.2, -0.15) is 0 Å². The molecule has 0 spiro atoms. The maximum atomic E-state index is 12.8. The summed E-state index contributed by atoms with van der Waals surface area (Å²) in [5.74, 6) is -0.242. The summed E-state index contributed by atoms with van der Waals surface area (Å²) in [6.07, 6.45) is 9.92. The maximum absolute atomic E-state index is 12.8. The van der Waals surface area contributed by atoms with Crippen molar-refractivity contribution >= 4 is 12.0 Å². The SMILES string of the molecule is C/C(=C\C1=CCCCCC1)C(=O)N1C(=O)OC[C@H]1Cc1ccccc1. The summed E-state index contributed by atoms with van der Waals surface area (Å²) < 4.78 is 5.16. The standard InChI is InChI=1S/C21H25NO3/c1-16(13-17-9-5-2-3-6-10-17)20(23)22-19(15-25-21(22)24)14-18-11-7-4-8-12-18/h4,7-9,11-13,19H,2-3,5-6,10,14-15H2,1H3/b16-13+/t19-/m1/s1. The van der Waals surface area contributed by atoms with Crippen molar-refractivity contribution in [1.82, 2.24) is 4.90 Å². The van der Waals surface area contributed by atoms with Crippen LogP contribution >= 0.6 is 0 Å². The Balaban J connectivity index is 1.73. The molecule has 1 saturated heterocycles. The molecule has 1 atom stereocenters. The molecule has 25 heavy (non-hydrogen) atoms. The third-order valence-electron chi connectivity index (χ3n) is 4.81. The molecule has 1 fully saturated rings. The molecule has 4 nitrogen and oxygen atoms in total. The molecule has 1 heterocycles. The van der Waals surface area contributed by atoms with Gasteiger partial charge in [-0.05, 0) is 44.6 Å². The molecule has 3 rings (SSSR count). The molecular weight excluding hydrogens is 314 g/mol. The molecule has 0 unspecified atom stereocenters. The lowest BCUT2D eigenvalue weighted by atomic mass is 10.0. The van der Waals surface area contributed by atoms with Crippen LogP contribution in [0.3, 0.4) is 0 Å². The van der Waals surface area contributed by atoms with Gasteiger partial charge in [-0.3, -0.25) is 4.79 Å². The van der Waals surface area contributed by atoms with Crippen molar-refractivity contribution in [2.45, 2.75) is 51.5 Å². The zero-order valence-corrected chi connectivity index (χ0v) is 14.7. The monoisotopic (exact) mass is 339 g/mol. The van der Waals surface area contributed by atoms with E-state index in [9.17, 15) is 9.59 Å². The van der Waals surface area contributed by atoms with Crippen LogP contribution in [-0.2, 0) is 16.0 Å². The molecule has 132 valence electrons. The zero-order valence-electron chi connectivity index (χ0n) is 14.7. The first-order chi connectivity index (χ1) is 12.1. The van der Waals surface area contributed by atoms with Gasteiger partial charge in [0, 0.05) is 5.57 Å². The summed E-state index contributed by atoms with van der Waals surface area (Å²) >= 11 is 0. The number of hydrogen-bond acceptors (Lipinski definition) is 3. The van der Waals surface area contributed by atoms with Crippen molar-refractivity contribution in [2.24, 2.45) is 0 Å². The number of rotatable bonds is 4. The van der Waals surface area contributed by atoms with Crippen LogP contribution in [0.1, 0.15) is 44.6 Å². The van der Waals surface area contributed by atoms with Crippen molar-refractivity contribution in [3.63, 3.8) is 0 Å². The lowest BCUT2D eigenvalue weighted by molar-refractivity contribution is -0.125. The first kappa shape index (κ1) is 17.5. The third kappa shape index (κ3) is 4.38. The Kier molecular flexibility index (Phi) is 5.69. The van der Waals surface area contributed by atoms with E-state index in [1.54, 1.807) is 6.92 Å². The topological polar surface area (TPSA) is 46.6 Å². The number of carbonyl (C=O) groups is 2. The minimum Gasteiger partial charge on any atom is -0.447 e. The minimum absolute atomic E-state index is 0.242. The largest absolute Gasteiger partial charge is 0.447 e. The van der Waals surface area contributed by atoms with E-state index in [4.69, 9.17) is 4.74 Å². The molecule has 2 aliphatic rings. The number of allylic oxidation sites excluding steroid dienone is 3. The maximum Gasteiger partial charge on any atom is 0.417 e. The molecule has 1 aromatic rings. The Labute approximate surface area is 149 Å². The second kappa shape index (κ2) is 8.15. The quantitative estimate of drug-likeness (QED) is 0.763. The van der Waals surface area contributed by atoms with E-state index in [-0.39, 0.29) is 18.6 Å². The first-order valence-corrected chi connectivity index (χ1v) is 9.07. The molecular formula is C21H25NO3. The van der Waals surface area contributed by atoms with Gasteiger partial charge in [-0.15, -0.1) is 0 Å². The van der Waals surface area contributed by atoms with Crippen LogP contribution in [-0.4, -0.2) is 29.5 Å². The number of cyclic esters (lactones) is 1. The smallest absolute Gasteiger partial charge is 0.417 e. The van der Waals surface area contributed by atoms with Gasteiger partial charge in [0.25, 0.3) is 5.91 Å². The van der Waals surface area contributed by atoms with Crippen LogP contribution in [0.25, 0.3) is 0 Å². The average molecular weight is 339 g/mol. The van der Waals surface area contributed by atoms with Crippen LogP contribution in [0.4, 0.5) is 4.79 Å². The van der Waals surface area contributed by atoms with Crippen LogP contribution in [0.15, 0.2) is 53.6 Å². The summed E-state index contributed by atoms with van der Waals surface area (Å²) in [7, 11) is 0. The van der Waals surface area contributed by atoms with E-state index in [0.29, 0.717) is 12.0 Å². The highest BCUT2D eigenvalue weighted by Crippen LogP contribution is 2.23. The van der Waals surface area contributed by atoms with E-state index >= 15 is 0 Å². The average Bonchev–Trinajstić information content (AvgIpc) is 2.82. The lowest BCUT2D eigenvalue weighted by Crippen LogP contribution is -2.40. The van der Waals surface area contributed by atoms with Gasteiger partial charge in [-0.1, -0.05) is 54.5 Å². The Morgan fingerprint density at radius 3 is 2.84 bits per heavy atom. The summed E-state index contributed by atoms with van der Waals surface area (Å²) in [5.41, 5.74) is 2.90. The van der Waals surface area contributed by atoms with Gasteiger partial charge in [0.05, 0.1) is 6.04 Å². The molecule has 0 radical (unpaired) electrons. The molecule has 0 bridgehead atoms. The molecule has 0 aromatic heterocycles. The second-order valence-corrected chi connectivity index (χ2v) is 6.80. The highest BCUT2D eigenvalue weighted by atomic mass is 16.6.